The van der Waals surface area contributed by atoms with Crippen LogP contribution in [0.15, 0.2) is 48.0 Å². The molecule has 0 aliphatic carbocycles. The number of rotatable bonds is 4. The Morgan fingerprint density at radius 3 is 2.94 bits per heavy atom. The number of pyridine rings is 1. The minimum atomic E-state index is -1.48. The third-order valence-electron chi connectivity index (χ3n) is 6.75. The molecular formula is C25H25N5O3S. The van der Waals surface area contributed by atoms with Crippen LogP contribution in [0.25, 0.3) is 33.0 Å². The molecule has 9 heteroatoms. The number of thiazole rings is 1. The highest BCUT2D eigenvalue weighted by Crippen LogP contribution is 2.37. The molecule has 5 heterocycles. The second kappa shape index (κ2) is 8.26. The van der Waals surface area contributed by atoms with E-state index in [2.05, 4.69) is 4.98 Å². The van der Waals surface area contributed by atoms with E-state index in [-0.39, 0.29) is 12.1 Å². The first kappa shape index (κ1) is 21.4. The molecule has 1 N–H and O–H groups in total. The van der Waals surface area contributed by atoms with Crippen LogP contribution in [0.1, 0.15) is 37.5 Å². The fourth-order valence-corrected chi connectivity index (χ4v) is 5.65. The normalized spacial score (nSPS) is 23.2. The van der Waals surface area contributed by atoms with Crippen molar-refractivity contribution in [2.45, 2.75) is 37.5 Å². The zero-order valence-corrected chi connectivity index (χ0v) is 19.7. The van der Waals surface area contributed by atoms with E-state index in [0.29, 0.717) is 18.5 Å². The zero-order chi connectivity index (χ0) is 23.3. The van der Waals surface area contributed by atoms with Gasteiger partial charge in [-0.1, -0.05) is 18.2 Å². The number of likely N-dealkylation sites (N-methyl/N-ethyl adjacent to an activating group) is 1. The zero-order valence-electron chi connectivity index (χ0n) is 18.8. The van der Waals surface area contributed by atoms with Gasteiger partial charge in [-0.25, -0.2) is 14.6 Å². The molecule has 2 aliphatic heterocycles. The van der Waals surface area contributed by atoms with Gasteiger partial charge in [-0.3, -0.25) is 4.79 Å². The van der Waals surface area contributed by atoms with Crippen molar-refractivity contribution < 1.29 is 14.6 Å². The van der Waals surface area contributed by atoms with Crippen LogP contribution in [0, 0.1) is 0 Å². The van der Waals surface area contributed by atoms with Gasteiger partial charge in [0.25, 0.3) is 5.91 Å². The fourth-order valence-electron chi connectivity index (χ4n) is 4.82. The lowest BCUT2D eigenvalue weighted by Crippen LogP contribution is -2.36. The van der Waals surface area contributed by atoms with Crippen molar-refractivity contribution in [3.8, 4) is 22.0 Å². The lowest BCUT2D eigenvalue weighted by Gasteiger charge is -2.22. The summed E-state index contributed by atoms with van der Waals surface area (Å²) < 4.78 is 7.86. The van der Waals surface area contributed by atoms with E-state index in [1.807, 2.05) is 40.4 Å². The smallest absolute Gasteiger partial charge is 0.258 e. The van der Waals surface area contributed by atoms with E-state index < -0.39 is 5.60 Å². The Balaban J connectivity index is 1.37. The number of carbonyl (C=O) groups excluding carboxylic acids is 1. The van der Waals surface area contributed by atoms with E-state index >= 15 is 0 Å². The molecule has 0 bridgehead atoms. The van der Waals surface area contributed by atoms with Crippen molar-refractivity contribution in [3.05, 3.63) is 53.5 Å². The second-order valence-electron chi connectivity index (χ2n) is 8.94. The molecule has 4 aromatic rings. The maximum atomic E-state index is 12.6. The minimum absolute atomic E-state index is 0.112. The highest BCUT2D eigenvalue weighted by atomic mass is 32.1. The number of fused-ring (bicyclic) bond motifs is 1. The summed E-state index contributed by atoms with van der Waals surface area (Å²) in [6, 6.07) is 11.4. The first-order chi connectivity index (χ1) is 16.5. The molecule has 1 amide bonds. The molecule has 6 rings (SSSR count). The number of amides is 1. The van der Waals surface area contributed by atoms with Gasteiger partial charge in [0, 0.05) is 49.1 Å². The van der Waals surface area contributed by atoms with Crippen LogP contribution < -0.4 is 0 Å². The van der Waals surface area contributed by atoms with Crippen LogP contribution >= 0.6 is 11.3 Å². The predicted molar refractivity (Wildman–Crippen MR) is 129 cm³/mol. The Morgan fingerprint density at radius 1 is 1.24 bits per heavy atom. The summed E-state index contributed by atoms with van der Waals surface area (Å²) in [7, 11) is 1.72. The number of carbonyl (C=O) groups is 1. The molecule has 3 aromatic heterocycles. The van der Waals surface area contributed by atoms with Gasteiger partial charge in [-0.2, -0.15) is 5.10 Å². The van der Waals surface area contributed by atoms with Crippen molar-refractivity contribution in [3.63, 3.8) is 0 Å². The molecule has 2 fully saturated rings. The topological polar surface area (TPSA) is 93.4 Å². The van der Waals surface area contributed by atoms with E-state index in [0.717, 1.165) is 58.9 Å². The number of aromatic nitrogens is 4. The fraction of sp³-hybridized carbons (Fsp3) is 0.360. The lowest BCUT2D eigenvalue weighted by molar-refractivity contribution is -0.143. The summed E-state index contributed by atoms with van der Waals surface area (Å²) in [6.45, 7) is 1.27. The number of likely N-dealkylation sites (tertiary alicyclic amines) is 1. The lowest BCUT2D eigenvalue weighted by atomic mass is 9.90. The van der Waals surface area contributed by atoms with Gasteiger partial charge in [0.1, 0.15) is 10.7 Å². The minimum Gasteiger partial charge on any atom is -0.375 e. The van der Waals surface area contributed by atoms with Crippen LogP contribution in [0.4, 0.5) is 0 Å². The van der Waals surface area contributed by atoms with Gasteiger partial charge in [0.2, 0.25) is 0 Å². The van der Waals surface area contributed by atoms with Gasteiger partial charge in [0.15, 0.2) is 17.5 Å². The molecule has 0 saturated carbocycles. The molecule has 1 unspecified atom stereocenters. The summed E-state index contributed by atoms with van der Waals surface area (Å²) in [5, 5.41) is 19.7. The predicted octanol–water partition coefficient (Wildman–Crippen LogP) is 3.97. The van der Waals surface area contributed by atoms with Gasteiger partial charge < -0.3 is 14.7 Å². The Kier molecular flexibility index (Phi) is 5.20. The van der Waals surface area contributed by atoms with E-state index in [9.17, 15) is 9.90 Å². The number of hydrogen-bond acceptors (Lipinski definition) is 7. The number of benzene rings is 1. The van der Waals surface area contributed by atoms with E-state index in [1.54, 1.807) is 24.2 Å². The molecule has 8 nitrogen and oxygen atoms in total. The summed E-state index contributed by atoms with van der Waals surface area (Å²) >= 11 is 1.52. The van der Waals surface area contributed by atoms with Crippen molar-refractivity contribution >= 4 is 28.3 Å². The third-order valence-corrected chi connectivity index (χ3v) is 7.60. The Bertz CT molecular complexity index is 1380. The molecule has 174 valence electrons. The van der Waals surface area contributed by atoms with Gasteiger partial charge >= 0.3 is 0 Å². The molecule has 2 aliphatic rings. The Hall–Kier alpha value is -3.14. The molecule has 34 heavy (non-hydrogen) atoms. The second-order valence-corrected chi connectivity index (χ2v) is 9.80. The number of hydrogen-bond donors (Lipinski definition) is 1. The van der Waals surface area contributed by atoms with E-state index in [1.165, 1.54) is 11.3 Å². The van der Waals surface area contributed by atoms with Crippen molar-refractivity contribution in [2.75, 3.05) is 20.2 Å². The average molecular weight is 476 g/mol. The number of ether oxygens (including phenoxy) is 1. The standard InChI is InChI=1S/C25H25N5O3S/c1-29-12-10-25(32,24(29)31)17-7-4-6-16(14-17)19-15-34-23(27-19)21-18-8-5-11-26-22(18)30(28-21)20-9-2-3-13-33-20/h4-8,11,14-15,20,32H,2-3,9-10,12-13H2,1H3/t20?,25-/m1/s1. The number of nitrogens with zero attached hydrogens (tertiary/aromatic N) is 5. The quantitative estimate of drug-likeness (QED) is 0.480. The largest absolute Gasteiger partial charge is 0.375 e. The summed E-state index contributed by atoms with van der Waals surface area (Å²) in [6.07, 6.45) is 5.14. The Morgan fingerprint density at radius 2 is 2.15 bits per heavy atom. The van der Waals surface area contributed by atoms with Crippen molar-refractivity contribution in [1.29, 1.82) is 0 Å². The van der Waals surface area contributed by atoms with Crippen LogP contribution in [-0.2, 0) is 15.1 Å². The SMILES string of the molecule is CN1CC[C@@](O)(c2cccc(-c3csc(-c4nn(C5CCCCO5)c5ncccc45)n3)c2)C1=O. The first-order valence-electron chi connectivity index (χ1n) is 11.5. The monoisotopic (exact) mass is 475 g/mol. The first-order valence-corrected chi connectivity index (χ1v) is 12.4. The van der Waals surface area contributed by atoms with Gasteiger partial charge in [-0.05, 0) is 43.0 Å². The maximum absolute atomic E-state index is 12.6. The van der Waals surface area contributed by atoms with Gasteiger partial charge in [0.05, 0.1) is 5.69 Å². The summed E-state index contributed by atoms with van der Waals surface area (Å²) in [5.74, 6) is -0.266. The Labute approximate surface area is 200 Å². The van der Waals surface area contributed by atoms with Gasteiger partial charge in [-0.15, -0.1) is 11.3 Å². The van der Waals surface area contributed by atoms with Crippen LogP contribution in [0.2, 0.25) is 0 Å². The highest BCUT2D eigenvalue weighted by molar-refractivity contribution is 7.13. The summed E-state index contributed by atoms with van der Waals surface area (Å²) in [5.41, 5.74) is 2.34. The third kappa shape index (κ3) is 3.43. The van der Waals surface area contributed by atoms with Crippen LogP contribution in [0.3, 0.4) is 0 Å². The van der Waals surface area contributed by atoms with Crippen LogP contribution in [-0.4, -0.2) is 55.9 Å². The highest BCUT2D eigenvalue weighted by Gasteiger charge is 2.45. The van der Waals surface area contributed by atoms with E-state index in [4.69, 9.17) is 14.8 Å². The molecule has 1 aromatic carbocycles. The van der Waals surface area contributed by atoms with Crippen molar-refractivity contribution in [1.82, 2.24) is 24.6 Å². The molecule has 2 saturated heterocycles. The molecule has 2 atom stereocenters. The molecular weight excluding hydrogens is 450 g/mol. The number of aliphatic hydroxyl groups is 1. The summed E-state index contributed by atoms with van der Waals surface area (Å²) in [4.78, 5) is 23.6. The molecule has 0 radical (unpaired) electrons. The average Bonchev–Trinajstić information content (AvgIpc) is 3.58. The van der Waals surface area contributed by atoms with Crippen molar-refractivity contribution in [2.24, 2.45) is 0 Å². The maximum Gasteiger partial charge on any atom is 0.258 e. The van der Waals surface area contributed by atoms with Crippen LogP contribution in [0.5, 0.6) is 0 Å². The molecule has 0 spiro atoms.